The molecule has 1 aromatic carbocycles. The zero-order valence-corrected chi connectivity index (χ0v) is 20.0. The Kier molecular flexibility index (Phi) is 7.18. The number of nitrogens with one attached hydrogen (secondary N) is 2. The van der Waals surface area contributed by atoms with Crippen molar-refractivity contribution in [1.29, 1.82) is 0 Å². The van der Waals surface area contributed by atoms with Crippen LogP contribution in [0.2, 0.25) is 0 Å². The summed E-state index contributed by atoms with van der Waals surface area (Å²) in [4.78, 5) is 21.8. The number of aromatic nitrogens is 2. The third-order valence-corrected chi connectivity index (χ3v) is 6.34. The van der Waals surface area contributed by atoms with E-state index < -0.39 is 36.1 Å². The third-order valence-electron chi connectivity index (χ3n) is 6.34. The molecule has 1 saturated heterocycles. The second-order valence-electron chi connectivity index (χ2n) is 9.12. The van der Waals surface area contributed by atoms with Gasteiger partial charge in [-0.05, 0) is 33.6 Å². The Bertz CT molecular complexity index is 1090. The van der Waals surface area contributed by atoms with Gasteiger partial charge in [0.05, 0.1) is 49.1 Å². The fourth-order valence-electron chi connectivity index (χ4n) is 3.95. The quantitative estimate of drug-likeness (QED) is 0.528. The van der Waals surface area contributed by atoms with Crippen LogP contribution in [0.5, 0.6) is 6.01 Å². The maximum atomic E-state index is 14.8. The first kappa shape index (κ1) is 25.2. The number of methoxy groups -OCH3 is 1. The van der Waals surface area contributed by atoms with Gasteiger partial charge in [-0.2, -0.15) is 9.97 Å². The Morgan fingerprint density at radius 2 is 1.83 bits per heavy atom. The molecular formula is C24H29F3N4O4. The van der Waals surface area contributed by atoms with Crippen molar-refractivity contribution in [3.63, 3.8) is 0 Å². The molecule has 4 rings (SSSR count). The molecule has 2 heterocycles. The lowest BCUT2D eigenvalue weighted by molar-refractivity contribution is -0.123. The Balaban J connectivity index is 1.74. The molecule has 2 atom stereocenters. The van der Waals surface area contributed by atoms with E-state index in [0.717, 1.165) is 18.9 Å². The molecule has 190 valence electrons. The Labute approximate surface area is 201 Å². The van der Waals surface area contributed by atoms with Crippen molar-refractivity contribution in [3.8, 4) is 6.01 Å². The summed E-state index contributed by atoms with van der Waals surface area (Å²) in [5, 5.41) is 6.10. The van der Waals surface area contributed by atoms with Crippen molar-refractivity contribution >= 4 is 11.7 Å². The summed E-state index contributed by atoms with van der Waals surface area (Å²) < 4.78 is 58.0. The highest BCUT2D eigenvalue weighted by Crippen LogP contribution is 2.39. The monoisotopic (exact) mass is 494 g/mol. The highest BCUT2D eigenvalue weighted by Gasteiger charge is 2.41. The van der Waals surface area contributed by atoms with Crippen LogP contribution in [-0.2, 0) is 14.3 Å². The molecule has 2 aliphatic rings. The average molecular weight is 495 g/mol. The average Bonchev–Trinajstić information content (AvgIpc) is 3.30. The first-order chi connectivity index (χ1) is 16.6. The minimum absolute atomic E-state index is 0.0180. The number of ether oxygens (including phenoxy) is 3. The zero-order valence-electron chi connectivity index (χ0n) is 20.0. The van der Waals surface area contributed by atoms with Gasteiger partial charge in [0.15, 0.2) is 6.29 Å². The summed E-state index contributed by atoms with van der Waals surface area (Å²) in [6.07, 6.45) is -2.02. The van der Waals surface area contributed by atoms with E-state index in [1.807, 2.05) is 6.92 Å². The number of carbonyl (C=O) groups excluding carboxylic acids is 1. The molecule has 2 aromatic rings. The minimum atomic E-state index is -2.95. The number of halogens is 3. The highest BCUT2D eigenvalue weighted by atomic mass is 19.3. The van der Waals surface area contributed by atoms with Gasteiger partial charge in [-0.15, -0.1) is 0 Å². The van der Waals surface area contributed by atoms with E-state index >= 15 is 0 Å². The van der Waals surface area contributed by atoms with Crippen LogP contribution in [0.3, 0.4) is 0 Å². The predicted molar refractivity (Wildman–Crippen MR) is 121 cm³/mol. The van der Waals surface area contributed by atoms with Crippen LogP contribution >= 0.6 is 0 Å². The second-order valence-corrected chi connectivity index (χ2v) is 9.12. The van der Waals surface area contributed by atoms with Crippen LogP contribution in [0.25, 0.3) is 0 Å². The van der Waals surface area contributed by atoms with Crippen LogP contribution in [0, 0.1) is 5.82 Å². The van der Waals surface area contributed by atoms with Gasteiger partial charge in [-0.3, -0.25) is 4.79 Å². The SMILES string of the molecule is COc1nc(N[C@H](C)c2cccc(C(F)F)c2F)c(C2OCCO2)c(C(C)C(=O)NC2(C)CC2)n1. The number of carbonyl (C=O) groups is 1. The first-order valence-corrected chi connectivity index (χ1v) is 11.5. The van der Waals surface area contributed by atoms with E-state index in [-0.39, 0.29) is 28.8 Å². The van der Waals surface area contributed by atoms with Gasteiger partial charge in [-0.25, -0.2) is 13.2 Å². The molecular weight excluding hydrogens is 465 g/mol. The normalized spacial score (nSPS) is 18.9. The van der Waals surface area contributed by atoms with Crippen molar-refractivity contribution in [2.45, 2.75) is 63.8 Å². The molecule has 1 saturated carbocycles. The minimum Gasteiger partial charge on any atom is -0.467 e. The van der Waals surface area contributed by atoms with Crippen LogP contribution in [0.4, 0.5) is 19.0 Å². The molecule has 2 fully saturated rings. The number of benzene rings is 1. The Morgan fingerprint density at radius 3 is 2.43 bits per heavy atom. The molecule has 2 N–H and O–H groups in total. The molecule has 1 unspecified atom stereocenters. The lowest BCUT2D eigenvalue weighted by atomic mass is 9.99. The molecule has 0 bridgehead atoms. The van der Waals surface area contributed by atoms with E-state index in [1.54, 1.807) is 13.8 Å². The lowest BCUT2D eigenvalue weighted by Gasteiger charge is -2.25. The fraction of sp³-hybridized carbons (Fsp3) is 0.542. The van der Waals surface area contributed by atoms with Gasteiger partial charge in [0, 0.05) is 11.1 Å². The van der Waals surface area contributed by atoms with E-state index in [4.69, 9.17) is 14.2 Å². The highest BCUT2D eigenvalue weighted by molar-refractivity contribution is 5.84. The zero-order chi connectivity index (χ0) is 25.3. The second kappa shape index (κ2) is 9.98. The van der Waals surface area contributed by atoms with Crippen LogP contribution in [0.15, 0.2) is 18.2 Å². The van der Waals surface area contributed by atoms with Crippen LogP contribution < -0.4 is 15.4 Å². The lowest BCUT2D eigenvalue weighted by Crippen LogP contribution is -2.37. The van der Waals surface area contributed by atoms with E-state index in [2.05, 4.69) is 20.6 Å². The molecule has 1 amide bonds. The van der Waals surface area contributed by atoms with E-state index in [1.165, 1.54) is 19.2 Å². The summed E-state index contributed by atoms with van der Waals surface area (Å²) >= 11 is 0. The largest absolute Gasteiger partial charge is 0.467 e. The van der Waals surface area contributed by atoms with Gasteiger partial charge in [0.25, 0.3) is 6.43 Å². The first-order valence-electron chi connectivity index (χ1n) is 11.5. The fourth-order valence-corrected chi connectivity index (χ4v) is 3.95. The maximum Gasteiger partial charge on any atom is 0.318 e. The number of hydrogen-bond donors (Lipinski definition) is 2. The number of rotatable bonds is 9. The molecule has 1 aliphatic carbocycles. The third kappa shape index (κ3) is 5.35. The van der Waals surface area contributed by atoms with Crippen molar-refractivity contribution < 1.29 is 32.2 Å². The molecule has 11 heteroatoms. The van der Waals surface area contributed by atoms with Crippen molar-refractivity contribution in [1.82, 2.24) is 15.3 Å². The van der Waals surface area contributed by atoms with Gasteiger partial charge in [-0.1, -0.05) is 18.2 Å². The topological polar surface area (TPSA) is 94.6 Å². The number of nitrogens with zero attached hydrogens (tertiary/aromatic N) is 2. The van der Waals surface area contributed by atoms with E-state index in [9.17, 15) is 18.0 Å². The molecule has 8 nitrogen and oxygen atoms in total. The van der Waals surface area contributed by atoms with Crippen LogP contribution in [-0.4, -0.2) is 41.7 Å². The van der Waals surface area contributed by atoms with E-state index in [0.29, 0.717) is 24.5 Å². The summed E-state index contributed by atoms with van der Waals surface area (Å²) in [7, 11) is 1.39. The summed E-state index contributed by atoms with van der Waals surface area (Å²) in [5.74, 6) is -1.73. The van der Waals surface area contributed by atoms with Crippen molar-refractivity contribution in [2.75, 3.05) is 25.6 Å². The Hall–Kier alpha value is -2.92. The number of hydrogen-bond acceptors (Lipinski definition) is 7. The summed E-state index contributed by atoms with van der Waals surface area (Å²) in [6.45, 7) is 5.95. The number of alkyl halides is 2. The van der Waals surface area contributed by atoms with Crippen LogP contribution in [0.1, 0.15) is 80.7 Å². The maximum absolute atomic E-state index is 14.8. The van der Waals surface area contributed by atoms with Crippen molar-refractivity contribution in [3.05, 3.63) is 46.4 Å². The number of anilines is 1. The molecule has 0 spiro atoms. The molecule has 35 heavy (non-hydrogen) atoms. The van der Waals surface area contributed by atoms with Crippen molar-refractivity contribution in [2.24, 2.45) is 0 Å². The van der Waals surface area contributed by atoms with Gasteiger partial charge < -0.3 is 24.8 Å². The molecule has 0 radical (unpaired) electrons. The predicted octanol–water partition coefficient (Wildman–Crippen LogP) is 4.55. The standard InChI is InChI=1S/C24H29F3N4O4/c1-12(21(32)31-24(3)8-9-24)18-16(22-34-10-11-35-22)20(30-23(29-18)33-4)28-13(2)14-6-5-7-15(17(14)25)19(26)27/h5-7,12-13,19,22H,8-11H2,1-4H3,(H,31,32)(H,28,29,30)/t12?,13-/m1/s1. The Morgan fingerprint density at radius 1 is 1.17 bits per heavy atom. The molecule has 1 aromatic heterocycles. The van der Waals surface area contributed by atoms with Gasteiger partial charge >= 0.3 is 6.01 Å². The molecule has 1 aliphatic heterocycles. The van der Waals surface area contributed by atoms with Gasteiger partial charge in [0.1, 0.15) is 11.6 Å². The summed E-state index contributed by atoms with van der Waals surface area (Å²) in [5.41, 5.74) is -0.162. The van der Waals surface area contributed by atoms with Gasteiger partial charge in [0.2, 0.25) is 5.91 Å². The smallest absolute Gasteiger partial charge is 0.318 e. The summed E-state index contributed by atoms with van der Waals surface area (Å²) in [6, 6.07) is 3.06. The number of amides is 1.